The molecule has 0 saturated carbocycles. The number of rotatable bonds is 12. The summed E-state index contributed by atoms with van der Waals surface area (Å²) in [5, 5.41) is 23.6. The molecule has 3 amide bonds. The van der Waals surface area contributed by atoms with Crippen LogP contribution in [0.2, 0.25) is 0 Å². The van der Waals surface area contributed by atoms with Crippen LogP contribution in [0.25, 0.3) is 0 Å². The van der Waals surface area contributed by atoms with Gasteiger partial charge in [0.2, 0.25) is 17.7 Å². The van der Waals surface area contributed by atoms with Gasteiger partial charge in [0.05, 0.1) is 6.61 Å². The molecule has 1 saturated heterocycles. The number of aliphatic imine (C=N–C) groups is 1. The predicted molar refractivity (Wildman–Crippen MR) is 116 cm³/mol. The molecule has 0 aliphatic carbocycles. The van der Waals surface area contributed by atoms with Crippen LogP contribution < -0.4 is 27.8 Å². The van der Waals surface area contributed by atoms with Crippen molar-refractivity contribution in [2.24, 2.45) is 28.1 Å². The second-order valence-electron chi connectivity index (χ2n) is 8.06. The van der Waals surface area contributed by atoms with Crippen LogP contribution in [-0.2, 0) is 19.2 Å². The topological polar surface area (TPSA) is 226 Å². The highest BCUT2D eigenvalue weighted by Gasteiger charge is 2.38. The van der Waals surface area contributed by atoms with Crippen molar-refractivity contribution in [3.8, 4) is 0 Å². The van der Waals surface area contributed by atoms with Crippen molar-refractivity contribution >= 4 is 29.7 Å². The molecule has 0 aromatic carbocycles. The molecule has 0 aromatic rings. The van der Waals surface area contributed by atoms with E-state index in [2.05, 4.69) is 15.6 Å². The monoisotopic (exact) mass is 457 g/mol. The van der Waals surface area contributed by atoms with Crippen molar-refractivity contribution in [3.63, 3.8) is 0 Å². The molecule has 4 atom stereocenters. The van der Waals surface area contributed by atoms with Crippen LogP contribution in [0.1, 0.15) is 39.5 Å². The third-order valence-corrected chi connectivity index (χ3v) is 5.16. The predicted octanol–water partition coefficient (Wildman–Crippen LogP) is -2.94. The molecule has 1 aliphatic rings. The number of carbonyl (C=O) groups is 4. The molecular formula is C19H35N7O6. The highest BCUT2D eigenvalue weighted by Crippen LogP contribution is 2.20. The summed E-state index contributed by atoms with van der Waals surface area (Å²) in [6, 6.07) is -4.19. The van der Waals surface area contributed by atoms with Crippen molar-refractivity contribution in [2.45, 2.75) is 63.7 Å². The Kier molecular flexibility index (Phi) is 10.9. The molecule has 0 aromatic heterocycles. The van der Waals surface area contributed by atoms with E-state index in [1.165, 1.54) is 4.90 Å². The average molecular weight is 458 g/mol. The lowest BCUT2D eigenvalue weighted by Crippen LogP contribution is -2.58. The smallest absolute Gasteiger partial charge is 0.326 e. The van der Waals surface area contributed by atoms with Gasteiger partial charge >= 0.3 is 5.97 Å². The lowest BCUT2D eigenvalue weighted by molar-refractivity contribution is -0.149. The molecule has 1 fully saturated rings. The number of aliphatic hydroxyl groups is 1. The number of hydrogen-bond donors (Lipinski definition) is 7. The summed E-state index contributed by atoms with van der Waals surface area (Å²) >= 11 is 0. The standard InChI is InChI=1S/C19H35N7O6/c1-10(2)14(25-15(28)11(20)9-27)16(29)24-12(5-3-7-23-19(21)22)17(30)26-8-4-6-13(26)18(31)32/h10-14,27H,3-9,20H2,1-2H3,(H,24,29)(H,25,28)(H,31,32)(H4,21,22,23)/t11-,12-,13-,14-/m0/s1. The highest BCUT2D eigenvalue weighted by atomic mass is 16.4. The average Bonchev–Trinajstić information content (AvgIpc) is 3.22. The summed E-state index contributed by atoms with van der Waals surface area (Å²) in [6.45, 7) is 3.30. The number of carbonyl (C=O) groups excluding carboxylic acids is 3. The van der Waals surface area contributed by atoms with E-state index in [0.29, 0.717) is 19.3 Å². The normalized spacial score (nSPS) is 18.5. The van der Waals surface area contributed by atoms with E-state index in [0.717, 1.165) is 0 Å². The first-order valence-electron chi connectivity index (χ1n) is 10.5. The van der Waals surface area contributed by atoms with Crippen molar-refractivity contribution in [1.29, 1.82) is 0 Å². The quantitative estimate of drug-likeness (QED) is 0.0902. The molecule has 1 rings (SSSR count). The first-order valence-corrected chi connectivity index (χ1v) is 10.5. The lowest BCUT2D eigenvalue weighted by atomic mass is 10.0. The van der Waals surface area contributed by atoms with Gasteiger partial charge in [0.15, 0.2) is 5.96 Å². The molecule has 13 nitrogen and oxygen atoms in total. The van der Waals surface area contributed by atoms with Crippen molar-refractivity contribution in [1.82, 2.24) is 15.5 Å². The number of nitrogens with one attached hydrogen (secondary N) is 2. The van der Waals surface area contributed by atoms with Gasteiger partial charge in [-0.1, -0.05) is 13.8 Å². The number of carboxylic acid groups (broad SMARTS) is 1. The second kappa shape index (κ2) is 12.8. The maximum Gasteiger partial charge on any atom is 0.326 e. The van der Waals surface area contributed by atoms with Crippen molar-refractivity contribution in [3.05, 3.63) is 0 Å². The lowest BCUT2D eigenvalue weighted by Gasteiger charge is -2.29. The molecule has 0 radical (unpaired) electrons. The van der Waals surface area contributed by atoms with E-state index >= 15 is 0 Å². The van der Waals surface area contributed by atoms with Crippen LogP contribution in [0.5, 0.6) is 0 Å². The number of likely N-dealkylation sites (tertiary alicyclic amines) is 1. The highest BCUT2D eigenvalue weighted by molar-refractivity contribution is 5.94. The summed E-state index contributed by atoms with van der Waals surface area (Å²) in [5.74, 6) is -3.40. The number of aliphatic hydroxyl groups excluding tert-OH is 1. The van der Waals surface area contributed by atoms with Gasteiger partial charge in [0.1, 0.15) is 24.2 Å². The van der Waals surface area contributed by atoms with Crippen LogP contribution in [0, 0.1) is 5.92 Å². The third kappa shape index (κ3) is 7.96. The molecule has 13 heteroatoms. The minimum atomic E-state index is -1.19. The number of carboxylic acids is 1. The molecular weight excluding hydrogens is 422 g/mol. The molecule has 1 heterocycles. The molecule has 10 N–H and O–H groups in total. The molecule has 182 valence electrons. The molecule has 0 bridgehead atoms. The number of amides is 3. The fourth-order valence-electron chi connectivity index (χ4n) is 3.39. The molecule has 1 aliphatic heterocycles. The minimum Gasteiger partial charge on any atom is -0.480 e. The molecule has 0 unspecified atom stereocenters. The zero-order valence-electron chi connectivity index (χ0n) is 18.5. The Hall–Kier alpha value is -2.93. The third-order valence-electron chi connectivity index (χ3n) is 5.16. The van der Waals surface area contributed by atoms with Crippen LogP contribution in [0.3, 0.4) is 0 Å². The van der Waals surface area contributed by atoms with Gasteiger partial charge in [-0.25, -0.2) is 4.79 Å². The van der Waals surface area contributed by atoms with Gasteiger partial charge in [0.25, 0.3) is 0 Å². The summed E-state index contributed by atoms with van der Waals surface area (Å²) in [4.78, 5) is 54.7. The summed E-state index contributed by atoms with van der Waals surface area (Å²) in [6.07, 6.45) is 1.40. The van der Waals surface area contributed by atoms with Crippen molar-refractivity contribution < 1.29 is 29.4 Å². The number of nitrogens with two attached hydrogens (primary N) is 3. The van der Waals surface area contributed by atoms with E-state index < -0.39 is 54.5 Å². The second-order valence-corrected chi connectivity index (χ2v) is 8.06. The maximum atomic E-state index is 13.1. The van der Waals surface area contributed by atoms with Gasteiger partial charge in [-0.15, -0.1) is 0 Å². The number of aliphatic carboxylic acids is 1. The molecule has 32 heavy (non-hydrogen) atoms. The Morgan fingerprint density at radius 3 is 2.34 bits per heavy atom. The fourth-order valence-corrected chi connectivity index (χ4v) is 3.39. The summed E-state index contributed by atoms with van der Waals surface area (Å²) in [5.41, 5.74) is 16.1. The van der Waals surface area contributed by atoms with Gasteiger partial charge in [0, 0.05) is 13.1 Å². The minimum absolute atomic E-state index is 0.106. The number of guanidine groups is 1. The first kappa shape index (κ1) is 27.1. The maximum absolute atomic E-state index is 13.1. The van der Waals surface area contributed by atoms with E-state index in [9.17, 15) is 24.3 Å². The largest absolute Gasteiger partial charge is 0.480 e. The van der Waals surface area contributed by atoms with Crippen LogP contribution >= 0.6 is 0 Å². The van der Waals surface area contributed by atoms with Gasteiger partial charge in [-0.2, -0.15) is 0 Å². The number of hydrogen-bond acceptors (Lipinski definition) is 7. The van der Waals surface area contributed by atoms with E-state index in [4.69, 9.17) is 22.3 Å². The Balaban J connectivity index is 3.00. The van der Waals surface area contributed by atoms with Gasteiger partial charge < -0.3 is 42.9 Å². The van der Waals surface area contributed by atoms with Gasteiger partial charge in [-0.3, -0.25) is 19.4 Å². The Labute approximate surface area is 186 Å². The van der Waals surface area contributed by atoms with E-state index in [1.54, 1.807) is 13.8 Å². The van der Waals surface area contributed by atoms with Crippen molar-refractivity contribution in [2.75, 3.05) is 19.7 Å². The summed E-state index contributed by atoms with van der Waals surface area (Å²) in [7, 11) is 0. The number of nitrogens with zero attached hydrogens (tertiary/aromatic N) is 2. The van der Waals surface area contributed by atoms with Crippen LogP contribution in [0.4, 0.5) is 0 Å². The fraction of sp³-hybridized carbons (Fsp3) is 0.737. The summed E-state index contributed by atoms with van der Waals surface area (Å²) < 4.78 is 0. The van der Waals surface area contributed by atoms with Gasteiger partial charge in [-0.05, 0) is 31.6 Å². The van der Waals surface area contributed by atoms with Crippen LogP contribution in [-0.4, -0.2) is 88.6 Å². The SMILES string of the molecule is CC(C)[C@H](NC(=O)[C@@H](N)CO)C(=O)N[C@@H](CCCN=C(N)N)C(=O)N1CCC[C@H]1C(=O)O. The first-order chi connectivity index (χ1) is 15.0. The van der Waals surface area contributed by atoms with Crippen LogP contribution in [0.15, 0.2) is 4.99 Å². The molecule has 0 spiro atoms. The zero-order valence-corrected chi connectivity index (χ0v) is 18.5. The Bertz CT molecular complexity index is 710. The Morgan fingerprint density at radius 1 is 1.16 bits per heavy atom. The van der Waals surface area contributed by atoms with E-state index in [1.807, 2.05) is 0 Å². The Morgan fingerprint density at radius 2 is 1.81 bits per heavy atom. The van der Waals surface area contributed by atoms with E-state index in [-0.39, 0.29) is 31.4 Å². The zero-order chi connectivity index (χ0) is 24.4.